The molecule has 3 aromatic carbocycles. The van der Waals surface area contributed by atoms with Gasteiger partial charge in [-0.25, -0.2) is 5.43 Å². The number of benzene rings is 3. The van der Waals surface area contributed by atoms with E-state index in [2.05, 4.69) is 31.0 Å². The first-order valence-corrected chi connectivity index (χ1v) is 11.3. The van der Waals surface area contributed by atoms with Gasteiger partial charge in [0.2, 0.25) is 0 Å². The Morgan fingerprint density at radius 2 is 1.48 bits per heavy atom. The fourth-order valence-corrected chi connectivity index (χ4v) is 4.20. The smallest absolute Gasteiger partial charge is 0.281 e. The van der Waals surface area contributed by atoms with Crippen LogP contribution in [0.15, 0.2) is 101 Å². The van der Waals surface area contributed by atoms with Crippen LogP contribution in [0.1, 0.15) is 28.1 Å². The lowest BCUT2D eigenvalue weighted by molar-refractivity contribution is -0.136. The molecule has 1 aromatic heterocycles. The number of nitrogens with zero attached hydrogens (tertiary/aromatic N) is 2. The number of aromatic nitrogens is 1. The number of carbonyl (C=O) groups is 1. The maximum absolute atomic E-state index is 13.2. The van der Waals surface area contributed by atoms with Crippen molar-refractivity contribution in [2.75, 3.05) is 0 Å². The Labute approximate surface area is 201 Å². The molecule has 0 atom stereocenters. The van der Waals surface area contributed by atoms with Crippen molar-refractivity contribution in [3.8, 4) is 5.69 Å². The molecule has 0 aliphatic carbocycles. The van der Waals surface area contributed by atoms with Crippen molar-refractivity contribution in [3.05, 3.63) is 124 Å². The molecule has 0 radical (unpaired) electrons. The molecule has 4 rings (SSSR count). The van der Waals surface area contributed by atoms with Crippen LogP contribution in [0.4, 0.5) is 0 Å². The highest BCUT2D eigenvalue weighted by molar-refractivity contribution is 9.10. The van der Waals surface area contributed by atoms with E-state index < -0.39 is 11.5 Å². The van der Waals surface area contributed by atoms with Crippen molar-refractivity contribution >= 4 is 28.1 Å². The zero-order chi connectivity index (χ0) is 23.4. The maximum atomic E-state index is 13.2. The lowest BCUT2D eigenvalue weighted by Crippen LogP contribution is -2.43. The van der Waals surface area contributed by atoms with Gasteiger partial charge in [-0.3, -0.25) is 4.79 Å². The summed E-state index contributed by atoms with van der Waals surface area (Å²) in [5, 5.41) is 15.7. The summed E-state index contributed by atoms with van der Waals surface area (Å²) in [5.74, 6) is -0.627. The van der Waals surface area contributed by atoms with Gasteiger partial charge in [0.1, 0.15) is 0 Å². The molecule has 33 heavy (non-hydrogen) atoms. The summed E-state index contributed by atoms with van der Waals surface area (Å²) in [6.45, 7) is 4.02. The summed E-state index contributed by atoms with van der Waals surface area (Å²) in [5.41, 5.74) is 5.57. The standard InChI is InChI=1S/C27H24BrN3O2/c1-19-17-21(20(2)31(19)25-15-13-24(28)14-16-25)18-29-30-26(32)27(33,22-9-5-3-6-10-22)23-11-7-4-8-12-23/h3-18,33H,1-2H3,(H,30,32)/b29-18-. The van der Waals surface area contributed by atoms with Gasteiger partial charge in [0.25, 0.3) is 5.91 Å². The van der Waals surface area contributed by atoms with E-state index in [1.165, 1.54) is 0 Å². The Balaban J connectivity index is 1.61. The number of amides is 1. The Bertz CT molecular complexity index is 1240. The number of nitrogens with one attached hydrogen (secondary N) is 1. The Morgan fingerprint density at radius 3 is 2.03 bits per heavy atom. The van der Waals surface area contributed by atoms with Crippen molar-refractivity contribution in [2.45, 2.75) is 19.4 Å². The molecule has 0 saturated heterocycles. The van der Waals surface area contributed by atoms with Gasteiger partial charge in [0.15, 0.2) is 5.60 Å². The van der Waals surface area contributed by atoms with Crippen molar-refractivity contribution in [1.29, 1.82) is 0 Å². The molecular weight excluding hydrogens is 478 g/mol. The minimum atomic E-state index is -1.87. The number of halogens is 1. The summed E-state index contributed by atoms with van der Waals surface area (Å²) in [7, 11) is 0. The average molecular weight is 502 g/mol. The van der Waals surface area contributed by atoms with Crippen LogP contribution in [0, 0.1) is 13.8 Å². The van der Waals surface area contributed by atoms with E-state index in [1.807, 2.05) is 56.3 Å². The molecule has 166 valence electrons. The highest BCUT2D eigenvalue weighted by atomic mass is 79.9. The molecule has 4 aromatic rings. The van der Waals surface area contributed by atoms with Crippen LogP contribution < -0.4 is 5.43 Å². The second-order valence-electron chi connectivity index (χ2n) is 7.78. The van der Waals surface area contributed by atoms with Crippen molar-refractivity contribution in [1.82, 2.24) is 9.99 Å². The lowest BCUT2D eigenvalue weighted by Gasteiger charge is -2.27. The topological polar surface area (TPSA) is 66.6 Å². The van der Waals surface area contributed by atoms with Gasteiger partial charge in [0, 0.05) is 27.1 Å². The number of rotatable bonds is 6. The first-order chi connectivity index (χ1) is 15.9. The molecule has 0 aliphatic heterocycles. The number of hydrogen-bond acceptors (Lipinski definition) is 3. The van der Waals surface area contributed by atoms with Gasteiger partial charge in [-0.2, -0.15) is 5.10 Å². The first-order valence-electron chi connectivity index (χ1n) is 10.5. The van der Waals surface area contributed by atoms with E-state index >= 15 is 0 Å². The van der Waals surface area contributed by atoms with Crippen molar-refractivity contribution in [2.24, 2.45) is 5.10 Å². The Morgan fingerprint density at radius 1 is 0.939 bits per heavy atom. The van der Waals surface area contributed by atoms with Crippen molar-refractivity contribution < 1.29 is 9.90 Å². The third-order valence-corrected chi connectivity index (χ3v) is 6.17. The zero-order valence-corrected chi connectivity index (χ0v) is 20.0. The van der Waals surface area contributed by atoms with E-state index in [9.17, 15) is 9.90 Å². The molecule has 0 spiro atoms. The van der Waals surface area contributed by atoms with Gasteiger partial charge in [-0.05, 0) is 55.3 Å². The number of hydrogen-bond donors (Lipinski definition) is 2. The highest BCUT2D eigenvalue weighted by Gasteiger charge is 2.39. The van der Waals surface area contributed by atoms with Gasteiger partial charge >= 0.3 is 0 Å². The van der Waals surface area contributed by atoms with Crippen LogP contribution in [0.3, 0.4) is 0 Å². The second kappa shape index (κ2) is 9.57. The van der Waals surface area contributed by atoms with E-state index in [1.54, 1.807) is 54.7 Å². The molecule has 1 heterocycles. The molecule has 2 N–H and O–H groups in total. The molecule has 0 bridgehead atoms. The van der Waals surface area contributed by atoms with Crippen LogP contribution in [0.5, 0.6) is 0 Å². The monoisotopic (exact) mass is 501 g/mol. The van der Waals surface area contributed by atoms with E-state index in [-0.39, 0.29) is 0 Å². The minimum Gasteiger partial charge on any atom is -0.372 e. The predicted molar refractivity (Wildman–Crippen MR) is 135 cm³/mol. The summed E-state index contributed by atoms with van der Waals surface area (Å²) < 4.78 is 3.14. The van der Waals surface area contributed by atoms with E-state index in [4.69, 9.17) is 0 Å². The van der Waals surface area contributed by atoms with Gasteiger partial charge in [-0.15, -0.1) is 0 Å². The van der Waals surface area contributed by atoms with Crippen LogP contribution in [0.25, 0.3) is 5.69 Å². The van der Waals surface area contributed by atoms with Crippen LogP contribution in [-0.2, 0) is 10.4 Å². The van der Waals surface area contributed by atoms with E-state index in [0.29, 0.717) is 11.1 Å². The molecule has 6 heteroatoms. The zero-order valence-electron chi connectivity index (χ0n) is 18.4. The normalized spacial score (nSPS) is 11.6. The quantitative estimate of drug-likeness (QED) is 0.280. The highest BCUT2D eigenvalue weighted by Crippen LogP contribution is 2.30. The minimum absolute atomic E-state index is 0.470. The van der Waals surface area contributed by atoms with Crippen LogP contribution >= 0.6 is 15.9 Å². The fourth-order valence-electron chi connectivity index (χ4n) is 3.93. The fraction of sp³-hybridized carbons (Fsp3) is 0.111. The third-order valence-electron chi connectivity index (χ3n) is 5.64. The summed E-state index contributed by atoms with van der Waals surface area (Å²) in [6.07, 6.45) is 1.60. The van der Waals surface area contributed by atoms with E-state index in [0.717, 1.165) is 27.1 Å². The molecule has 5 nitrogen and oxygen atoms in total. The molecule has 1 amide bonds. The van der Waals surface area contributed by atoms with Gasteiger partial charge in [-0.1, -0.05) is 76.6 Å². The molecule has 0 fully saturated rings. The largest absolute Gasteiger partial charge is 0.372 e. The number of aliphatic hydroxyl groups is 1. The number of aryl methyl sites for hydroxylation is 1. The average Bonchev–Trinajstić information content (AvgIpc) is 3.13. The van der Waals surface area contributed by atoms with Crippen molar-refractivity contribution in [3.63, 3.8) is 0 Å². The SMILES string of the molecule is Cc1cc(/C=N\NC(=O)C(O)(c2ccccc2)c2ccccc2)c(C)n1-c1ccc(Br)cc1. The summed E-state index contributed by atoms with van der Waals surface area (Å²) in [4.78, 5) is 13.2. The predicted octanol–water partition coefficient (Wildman–Crippen LogP) is 5.24. The number of carbonyl (C=O) groups excluding carboxylic acids is 1. The summed E-state index contributed by atoms with van der Waals surface area (Å²) >= 11 is 3.47. The molecule has 0 aliphatic rings. The molecular formula is C27H24BrN3O2. The summed E-state index contributed by atoms with van der Waals surface area (Å²) in [6, 6.07) is 27.8. The lowest BCUT2D eigenvalue weighted by atomic mass is 9.85. The van der Waals surface area contributed by atoms with Gasteiger partial charge in [0.05, 0.1) is 6.21 Å². The van der Waals surface area contributed by atoms with Gasteiger partial charge < -0.3 is 9.67 Å². The van der Waals surface area contributed by atoms with Crippen LogP contribution in [0.2, 0.25) is 0 Å². The first kappa shape index (κ1) is 22.7. The molecule has 0 saturated carbocycles. The second-order valence-corrected chi connectivity index (χ2v) is 8.70. The third kappa shape index (κ3) is 4.53. The maximum Gasteiger partial charge on any atom is 0.281 e. The van der Waals surface area contributed by atoms with Crippen LogP contribution in [-0.4, -0.2) is 21.8 Å². The Hall–Kier alpha value is -3.48. The Kier molecular flexibility index (Phi) is 6.58. The molecule has 0 unspecified atom stereocenters. The number of hydrazone groups is 1.